The summed E-state index contributed by atoms with van der Waals surface area (Å²) in [5, 5.41) is 7.40. The van der Waals surface area contributed by atoms with Crippen LogP contribution in [0.5, 0.6) is 0 Å². The van der Waals surface area contributed by atoms with Crippen molar-refractivity contribution >= 4 is 11.6 Å². The number of carbonyl (C=O) groups is 1. The molecule has 170 valence electrons. The second-order valence-electron chi connectivity index (χ2n) is 8.34. The van der Waals surface area contributed by atoms with Crippen molar-refractivity contribution in [3.63, 3.8) is 0 Å². The first-order valence-corrected chi connectivity index (χ1v) is 11.4. The Bertz CT molecular complexity index is 1310. The third-order valence-corrected chi connectivity index (χ3v) is 6.19. The highest BCUT2D eigenvalue weighted by Gasteiger charge is 2.35. The summed E-state index contributed by atoms with van der Waals surface area (Å²) in [5.41, 5.74) is 5.72. The molecule has 1 aliphatic rings. The second-order valence-corrected chi connectivity index (χ2v) is 8.34. The first-order chi connectivity index (χ1) is 16.6. The maximum atomic E-state index is 13.2. The number of nitrogens with zero attached hydrogens (tertiary/aromatic N) is 3. The minimum absolute atomic E-state index is 0.155. The highest BCUT2D eigenvalue weighted by atomic mass is 16.5. The van der Waals surface area contributed by atoms with E-state index in [2.05, 4.69) is 41.7 Å². The fraction of sp³-hybridized carbons (Fsp3) is 0.179. The van der Waals surface area contributed by atoms with Crippen LogP contribution in [0.2, 0.25) is 0 Å². The summed E-state index contributed by atoms with van der Waals surface area (Å²) in [6, 6.07) is 27.4. The summed E-state index contributed by atoms with van der Waals surface area (Å²) in [6.45, 7) is 4.51. The Morgan fingerprint density at radius 3 is 2.26 bits per heavy atom. The number of allylic oxidation sites excluding steroid dienone is 1. The van der Waals surface area contributed by atoms with Gasteiger partial charge in [0.15, 0.2) is 0 Å². The molecule has 0 fully saturated rings. The Balaban J connectivity index is 1.59. The van der Waals surface area contributed by atoms with Gasteiger partial charge in [-0.15, -0.1) is 0 Å². The van der Waals surface area contributed by atoms with Gasteiger partial charge in [0.25, 0.3) is 5.89 Å². The molecule has 2 amide bonds. The zero-order valence-corrected chi connectivity index (χ0v) is 19.2. The van der Waals surface area contributed by atoms with Gasteiger partial charge < -0.3 is 9.84 Å². The third-order valence-electron chi connectivity index (χ3n) is 6.19. The molecule has 4 aromatic rings. The van der Waals surface area contributed by atoms with Crippen molar-refractivity contribution < 1.29 is 9.32 Å². The van der Waals surface area contributed by atoms with Crippen LogP contribution in [0.3, 0.4) is 0 Å². The number of rotatable bonds is 6. The molecule has 1 N–H and O–H groups in total. The van der Waals surface area contributed by atoms with Gasteiger partial charge in [0, 0.05) is 11.3 Å². The molecule has 1 aromatic heterocycles. The Kier molecular flexibility index (Phi) is 5.95. The van der Waals surface area contributed by atoms with E-state index in [1.54, 1.807) is 4.90 Å². The number of urea groups is 1. The Morgan fingerprint density at radius 2 is 1.59 bits per heavy atom. The molecule has 0 saturated carbocycles. The lowest BCUT2D eigenvalue weighted by molar-refractivity contribution is 0.203. The van der Waals surface area contributed by atoms with Crippen molar-refractivity contribution in [3.8, 4) is 11.4 Å². The summed E-state index contributed by atoms with van der Waals surface area (Å²) in [7, 11) is 0. The number of carbonyl (C=O) groups excluding carboxylic acids is 1. The molecule has 1 unspecified atom stereocenters. The summed E-state index contributed by atoms with van der Waals surface area (Å²) in [5.74, 6) is 0.918. The number of nitrogens with one attached hydrogen (secondary N) is 1. The summed E-state index contributed by atoms with van der Waals surface area (Å²) >= 11 is 0. The SMILES string of the molecule is CCc1ccc(C2NC(=O)N(Cc3ccccc3)C(C)=C2c2nc(-c3ccccc3)no2)cc1. The van der Waals surface area contributed by atoms with Gasteiger partial charge in [-0.25, -0.2) is 4.79 Å². The van der Waals surface area contributed by atoms with Crippen LogP contribution < -0.4 is 5.32 Å². The topological polar surface area (TPSA) is 71.3 Å². The van der Waals surface area contributed by atoms with Crippen LogP contribution in [0.1, 0.15) is 42.5 Å². The lowest BCUT2D eigenvalue weighted by atomic mass is 9.93. The summed E-state index contributed by atoms with van der Waals surface area (Å²) < 4.78 is 5.76. The predicted octanol–water partition coefficient (Wildman–Crippen LogP) is 6.00. The van der Waals surface area contributed by atoms with Crippen LogP contribution in [-0.2, 0) is 13.0 Å². The molecule has 0 spiro atoms. The Hall–Kier alpha value is -4.19. The van der Waals surface area contributed by atoms with Gasteiger partial charge in [0.05, 0.1) is 18.2 Å². The average molecular weight is 451 g/mol. The van der Waals surface area contributed by atoms with Gasteiger partial charge in [0.1, 0.15) is 0 Å². The minimum Gasteiger partial charge on any atom is -0.334 e. The smallest absolute Gasteiger partial charge is 0.322 e. The molecular weight excluding hydrogens is 424 g/mol. The molecular formula is C28H26N4O2. The zero-order chi connectivity index (χ0) is 23.5. The average Bonchev–Trinajstić information content (AvgIpc) is 3.37. The van der Waals surface area contributed by atoms with Gasteiger partial charge in [-0.1, -0.05) is 97.0 Å². The maximum Gasteiger partial charge on any atom is 0.322 e. The van der Waals surface area contributed by atoms with Crippen LogP contribution in [0.25, 0.3) is 17.0 Å². The number of hydrogen-bond acceptors (Lipinski definition) is 4. The van der Waals surface area contributed by atoms with Crippen molar-refractivity contribution in [1.29, 1.82) is 0 Å². The highest BCUT2D eigenvalue weighted by Crippen LogP contribution is 2.38. The summed E-state index contributed by atoms with van der Waals surface area (Å²) in [4.78, 5) is 19.7. The minimum atomic E-state index is -0.394. The molecule has 3 aromatic carbocycles. The van der Waals surface area contributed by atoms with E-state index in [4.69, 9.17) is 9.51 Å². The van der Waals surface area contributed by atoms with E-state index < -0.39 is 6.04 Å². The van der Waals surface area contributed by atoms with Crippen molar-refractivity contribution in [2.24, 2.45) is 0 Å². The molecule has 6 nitrogen and oxygen atoms in total. The second kappa shape index (κ2) is 9.35. The van der Waals surface area contributed by atoms with Gasteiger partial charge in [-0.2, -0.15) is 4.98 Å². The fourth-order valence-electron chi connectivity index (χ4n) is 4.25. The summed E-state index contributed by atoms with van der Waals surface area (Å²) in [6.07, 6.45) is 0.952. The van der Waals surface area contributed by atoms with E-state index in [-0.39, 0.29) is 6.03 Å². The van der Waals surface area contributed by atoms with Crippen LogP contribution in [0.4, 0.5) is 4.79 Å². The maximum absolute atomic E-state index is 13.2. The van der Waals surface area contributed by atoms with Crippen LogP contribution in [0, 0.1) is 0 Å². The molecule has 34 heavy (non-hydrogen) atoms. The number of hydrogen-bond donors (Lipinski definition) is 1. The number of aromatic nitrogens is 2. The van der Waals surface area contributed by atoms with Crippen molar-refractivity contribution in [3.05, 3.63) is 113 Å². The normalized spacial score (nSPS) is 16.0. The van der Waals surface area contributed by atoms with Crippen LogP contribution in [0.15, 0.2) is 95.1 Å². The molecule has 1 aliphatic heterocycles. The van der Waals surface area contributed by atoms with Gasteiger partial charge in [-0.3, -0.25) is 4.90 Å². The zero-order valence-electron chi connectivity index (χ0n) is 19.2. The molecule has 5 rings (SSSR count). The van der Waals surface area contributed by atoms with E-state index in [9.17, 15) is 4.79 Å². The molecule has 6 heteroatoms. The molecule has 2 heterocycles. The molecule has 1 atom stereocenters. The first-order valence-electron chi connectivity index (χ1n) is 11.4. The lowest BCUT2D eigenvalue weighted by Gasteiger charge is -2.35. The number of benzene rings is 3. The van der Waals surface area contributed by atoms with Crippen molar-refractivity contribution in [2.75, 3.05) is 0 Å². The standard InChI is InChI=1S/C28H26N4O2/c1-3-20-14-16-22(17-15-20)25-24(27-30-26(31-34-27)23-12-8-5-9-13-23)19(2)32(28(33)29-25)18-21-10-6-4-7-11-21/h4-17,25H,3,18H2,1-2H3,(H,29,33). The number of amides is 2. The fourth-order valence-corrected chi connectivity index (χ4v) is 4.25. The van der Waals surface area contributed by atoms with Gasteiger partial charge >= 0.3 is 6.03 Å². The monoisotopic (exact) mass is 450 g/mol. The lowest BCUT2D eigenvalue weighted by Crippen LogP contribution is -2.45. The van der Waals surface area contributed by atoms with E-state index in [1.165, 1.54) is 5.56 Å². The van der Waals surface area contributed by atoms with Crippen LogP contribution >= 0.6 is 0 Å². The molecule has 0 radical (unpaired) electrons. The van der Waals surface area contributed by atoms with Crippen molar-refractivity contribution in [2.45, 2.75) is 32.9 Å². The predicted molar refractivity (Wildman–Crippen MR) is 131 cm³/mol. The van der Waals surface area contributed by atoms with Crippen molar-refractivity contribution in [1.82, 2.24) is 20.4 Å². The third kappa shape index (κ3) is 4.22. The first kappa shape index (κ1) is 21.6. The molecule has 0 bridgehead atoms. The Labute approximate surface area is 198 Å². The molecule has 0 aliphatic carbocycles. The molecule has 0 saturated heterocycles. The van der Waals surface area contributed by atoms with Crippen LogP contribution in [-0.4, -0.2) is 21.1 Å². The quantitative estimate of drug-likeness (QED) is 0.391. The largest absolute Gasteiger partial charge is 0.334 e. The van der Waals surface area contributed by atoms with E-state index in [0.717, 1.165) is 34.4 Å². The van der Waals surface area contributed by atoms with E-state index in [1.807, 2.05) is 67.6 Å². The number of aryl methyl sites for hydroxylation is 1. The Morgan fingerprint density at radius 1 is 0.912 bits per heavy atom. The van der Waals surface area contributed by atoms with Gasteiger partial charge in [-0.05, 0) is 30.0 Å². The van der Waals surface area contributed by atoms with Gasteiger partial charge in [0.2, 0.25) is 5.82 Å². The highest BCUT2D eigenvalue weighted by molar-refractivity contribution is 5.86. The van der Waals surface area contributed by atoms with E-state index >= 15 is 0 Å². The van der Waals surface area contributed by atoms with E-state index in [0.29, 0.717) is 18.3 Å².